The number of benzene rings is 1. The summed E-state index contributed by atoms with van der Waals surface area (Å²) in [5.74, 6) is 2.50. The number of anilines is 5. The molecule has 0 atom stereocenters. The molecule has 0 aliphatic heterocycles. The van der Waals surface area contributed by atoms with Gasteiger partial charge in [-0.15, -0.1) is 0 Å². The van der Waals surface area contributed by atoms with Gasteiger partial charge in [-0.05, 0) is 71.4 Å². The van der Waals surface area contributed by atoms with Crippen molar-refractivity contribution in [3.05, 3.63) is 83.1 Å². The normalized spacial score (nSPS) is 10.5. The predicted molar refractivity (Wildman–Crippen MR) is 118 cm³/mol. The van der Waals surface area contributed by atoms with Gasteiger partial charge < -0.3 is 20.4 Å². The van der Waals surface area contributed by atoms with E-state index in [1.807, 2.05) is 37.3 Å². The number of halogens is 1. The molecule has 0 spiro atoms. The van der Waals surface area contributed by atoms with Crippen molar-refractivity contribution in [2.45, 2.75) is 6.92 Å². The summed E-state index contributed by atoms with van der Waals surface area (Å²) in [4.78, 5) is 25.2. The van der Waals surface area contributed by atoms with Gasteiger partial charge in [0.1, 0.15) is 23.3 Å². The number of hydrogen-bond donors (Lipinski definition) is 3. The first-order valence-electron chi connectivity index (χ1n) is 9.03. The van der Waals surface area contributed by atoms with Crippen LogP contribution in [0.3, 0.4) is 0 Å². The van der Waals surface area contributed by atoms with Crippen LogP contribution in [0.15, 0.2) is 75.9 Å². The number of aryl methyl sites for hydroxylation is 1. The Morgan fingerprint density at radius 3 is 2.30 bits per heavy atom. The van der Waals surface area contributed by atoms with Gasteiger partial charge in [0.15, 0.2) is 10.4 Å². The van der Waals surface area contributed by atoms with E-state index in [9.17, 15) is 4.79 Å². The molecule has 4 aromatic rings. The molecular weight excluding hydrogens is 448 g/mol. The number of rotatable bonds is 6. The minimum atomic E-state index is -0.321. The summed E-state index contributed by atoms with van der Waals surface area (Å²) >= 11 is 3.18. The van der Waals surface area contributed by atoms with Crippen LogP contribution < -0.4 is 16.0 Å². The van der Waals surface area contributed by atoms with E-state index >= 15 is 0 Å². The lowest BCUT2D eigenvalue weighted by Crippen LogP contribution is -2.10. The van der Waals surface area contributed by atoms with E-state index < -0.39 is 0 Å². The largest absolute Gasteiger partial charge is 0.444 e. The van der Waals surface area contributed by atoms with E-state index in [2.05, 4.69) is 46.8 Å². The fraction of sp³-hybridized carbons (Fsp3) is 0.0476. The average molecular weight is 465 g/mol. The van der Waals surface area contributed by atoms with E-state index in [-0.39, 0.29) is 11.7 Å². The third-order valence-corrected chi connectivity index (χ3v) is 4.40. The highest BCUT2D eigenvalue weighted by Gasteiger charge is 2.10. The number of amides is 1. The molecule has 8 nitrogen and oxygen atoms in total. The molecule has 3 heterocycles. The maximum atomic E-state index is 12.2. The van der Waals surface area contributed by atoms with Crippen molar-refractivity contribution < 1.29 is 9.21 Å². The van der Waals surface area contributed by atoms with Crippen LogP contribution in [-0.2, 0) is 0 Å². The molecule has 1 aromatic carbocycles. The molecule has 3 N–H and O–H groups in total. The van der Waals surface area contributed by atoms with Gasteiger partial charge in [0, 0.05) is 23.6 Å². The zero-order valence-electron chi connectivity index (χ0n) is 15.9. The summed E-state index contributed by atoms with van der Waals surface area (Å²) in [5, 5.41) is 9.18. The molecule has 0 saturated heterocycles. The Balaban J connectivity index is 1.43. The van der Waals surface area contributed by atoms with Crippen molar-refractivity contribution in [3.63, 3.8) is 0 Å². The molecule has 30 heavy (non-hydrogen) atoms. The van der Waals surface area contributed by atoms with Gasteiger partial charge in [0.2, 0.25) is 0 Å². The highest BCUT2D eigenvalue weighted by atomic mass is 79.9. The minimum Gasteiger partial charge on any atom is -0.444 e. The second-order valence-corrected chi connectivity index (χ2v) is 7.07. The summed E-state index contributed by atoms with van der Waals surface area (Å²) in [6.45, 7) is 1.82. The van der Waals surface area contributed by atoms with Crippen LogP contribution in [0.4, 0.5) is 28.8 Å². The van der Waals surface area contributed by atoms with Crippen LogP contribution in [0.25, 0.3) is 0 Å². The SMILES string of the molecule is Cc1nc(Nc2ccc(NC(=O)c3ccc(Br)o3)cc2)cc(Nc2ccccn2)n1. The zero-order chi connectivity index (χ0) is 20.9. The molecule has 0 saturated carbocycles. The summed E-state index contributed by atoms with van der Waals surface area (Å²) in [7, 11) is 0. The second kappa shape index (κ2) is 8.75. The van der Waals surface area contributed by atoms with Gasteiger partial charge >= 0.3 is 0 Å². The van der Waals surface area contributed by atoms with Crippen LogP contribution in [-0.4, -0.2) is 20.9 Å². The Hall–Kier alpha value is -3.72. The fourth-order valence-corrected chi connectivity index (χ4v) is 2.98. The number of pyridine rings is 1. The van der Waals surface area contributed by atoms with Crippen molar-refractivity contribution in [2.24, 2.45) is 0 Å². The van der Waals surface area contributed by atoms with Crippen LogP contribution in [0.1, 0.15) is 16.4 Å². The maximum absolute atomic E-state index is 12.2. The van der Waals surface area contributed by atoms with E-state index in [0.717, 1.165) is 5.69 Å². The Morgan fingerprint density at radius 1 is 0.900 bits per heavy atom. The topological polar surface area (TPSA) is 105 Å². The lowest BCUT2D eigenvalue weighted by Gasteiger charge is -2.10. The first-order valence-corrected chi connectivity index (χ1v) is 9.82. The molecule has 3 aromatic heterocycles. The Morgan fingerprint density at radius 2 is 1.63 bits per heavy atom. The third kappa shape index (κ3) is 5.00. The maximum Gasteiger partial charge on any atom is 0.291 e. The van der Waals surface area contributed by atoms with E-state index in [1.165, 1.54) is 0 Å². The molecule has 0 radical (unpaired) electrons. The standard InChI is InChI=1S/C21H17BrN6O2/c1-13-24-19(12-20(25-13)28-18-4-2-3-11-23-18)26-14-5-7-15(8-6-14)27-21(29)16-9-10-17(22)30-16/h2-12H,1H3,(H,27,29)(H2,23,24,25,26,28). The van der Waals surface area contributed by atoms with Crippen molar-refractivity contribution in [1.29, 1.82) is 0 Å². The fourth-order valence-electron chi connectivity index (χ4n) is 2.68. The molecule has 9 heteroatoms. The van der Waals surface area contributed by atoms with Crippen LogP contribution in [0, 0.1) is 6.92 Å². The number of hydrogen-bond acceptors (Lipinski definition) is 7. The van der Waals surface area contributed by atoms with Crippen LogP contribution in [0.2, 0.25) is 0 Å². The van der Waals surface area contributed by atoms with Gasteiger partial charge in [-0.2, -0.15) is 0 Å². The summed E-state index contributed by atoms with van der Waals surface area (Å²) in [5.41, 5.74) is 1.46. The number of aromatic nitrogens is 3. The average Bonchev–Trinajstić information content (AvgIpc) is 3.16. The van der Waals surface area contributed by atoms with Gasteiger partial charge in [-0.25, -0.2) is 15.0 Å². The third-order valence-electron chi connectivity index (χ3n) is 3.97. The van der Waals surface area contributed by atoms with Gasteiger partial charge in [-0.1, -0.05) is 6.07 Å². The van der Waals surface area contributed by atoms with Gasteiger partial charge in [0.05, 0.1) is 0 Å². The van der Waals surface area contributed by atoms with Gasteiger partial charge in [-0.3, -0.25) is 4.79 Å². The van der Waals surface area contributed by atoms with Crippen molar-refractivity contribution in [2.75, 3.05) is 16.0 Å². The highest BCUT2D eigenvalue weighted by Crippen LogP contribution is 2.22. The summed E-state index contributed by atoms with van der Waals surface area (Å²) < 4.78 is 5.76. The van der Waals surface area contributed by atoms with Crippen LogP contribution in [0.5, 0.6) is 0 Å². The minimum absolute atomic E-state index is 0.230. The number of nitrogens with one attached hydrogen (secondary N) is 3. The van der Waals surface area contributed by atoms with Crippen molar-refractivity contribution in [3.8, 4) is 0 Å². The van der Waals surface area contributed by atoms with Gasteiger partial charge in [0.25, 0.3) is 5.91 Å². The number of nitrogens with zero attached hydrogens (tertiary/aromatic N) is 3. The van der Waals surface area contributed by atoms with Crippen LogP contribution >= 0.6 is 15.9 Å². The quantitative estimate of drug-likeness (QED) is 0.356. The smallest absolute Gasteiger partial charge is 0.291 e. The van der Waals surface area contributed by atoms with E-state index in [4.69, 9.17) is 4.42 Å². The first kappa shape index (κ1) is 19.6. The molecule has 4 rings (SSSR count). The Labute approximate surface area is 180 Å². The predicted octanol–water partition coefficient (Wildman–Crippen LogP) is 5.28. The van der Waals surface area contributed by atoms with Crippen molar-refractivity contribution >= 4 is 50.7 Å². The highest BCUT2D eigenvalue weighted by molar-refractivity contribution is 9.10. The lowest BCUT2D eigenvalue weighted by molar-refractivity contribution is 0.0995. The monoisotopic (exact) mass is 464 g/mol. The molecule has 0 aliphatic carbocycles. The Kier molecular flexibility index (Phi) is 5.71. The molecule has 150 valence electrons. The summed E-state index contributed by atoms with van der Waals surface area (Å²) in [6, 6.07) is 17.9. The molecule has 1 amide bonds. The number of carbonyl (C=O) groups excluding carboxylic acids is 1. The van der Waals surface area contributed by atoms with E-state index in [1.54, 1.807) is 36.5 Å². The van der Waals surface area contributed by atoms with Crippen molar-refractivity contribution in [1.82, 2.24) is 15.0 Å². The Bertz CT molecular complexity index is 1160. The van der Waals surface area contributed by atoms with E-state index in [0.29, 0.717) is 33.6 Å². The molecule has 0 unspecified atom stereocenters. The molecular formula is C21H17BrN6O2. The first-order chi connectivity index (χ1) is 14.5. The number of furan rings is 1. The molecule has 0 bridgehead atoms. The number of carbonyl (C=O) groups is 1. The zero-order valence-corrected chi connectivity index (χ0v) is 17.5. The molecule has 0 aliphatic rings. The second-order valence-electron chi connectivity index (χ2n) is 6.29. The summed E-state index contributed by atoms with van der Waals surface area (Å²) in [6.07, 6.45) is 1.71. The molecule has 0 fully saturated rings. The lowest BCUT2D eigenvalue weighted by atomic mass is 10.2.